The number of rotatable bonds is 6. The molecule has 0 heterocycles. The molecule has 0 aliphatic heterocycles. The normalized spacial score (nSPS) is 13.6. The van der Waals surface area contributed by atoms with Crippen molar-refractivity contribution in [3.8, 4) is 5.75 Å². The molecule has 0 bridgehead atoms. The number of alkyl halides is 1. The van der Waals surface area contributed by atoms with Gasteiger partial charge in [-0.15, -0.1) is 0 Å². The van der Waals surface area contributed by atoms with E-state index < -0.39 is 5.56 Å². The molecule has 0 fully saturated rings. The third-order valence-electron chi connectivity index (χ3n) is 3.68. The van der Waals surface area contributed by atoms with Gasteiger partial charge in [0.2, 0.25) is 0 Å². The first-order valence-electron chi connectivity index (χ1n) is 7.47. The van der Waals surface area contributed by atoms with Gasteiger partial charge in [-0.05, 0) is 41.8 Å². The Bertz CT molecular complexity index is 654. The van der Waals surface area contributed by atoms with Crippen molar-refractivity contribution in [1.82, 2.24) is 0 Å². The van der Waals surface area contributed by atoms with Crippen molar-refractivity contribution in [3.63, 3.8) is 0 Å². The summed E-state index contributed by atoms with van der Waals surface area (Å²) in [7, 11) is 1.65. The third kappa shape index (κ3) is 3.92. The maximum atomic E-state index is 12.1. The Morgan fingerprint density at radius 2 is 1.86 bits per heavy atom. The zero-order valence-corrected chi connectivity index (χ0v) is 13.9. The molecule has 0 amide bonds. The van der Waals surface area contributed by atoms with E-state index in [1.165, 1.54) is 0 Å². The summed E-state index contributed by atoms with van der Waals surface area (Å²) in [6.45, 7) is 3.84. The molecule has 118 valence electrons. The predicted octanol–water partition coefficient (Wildman–Crippen LogP) is 4.86. The maximum Gasteiger partial charge on any atom is 0.314 e. The summed E-state index contributed by atoms with van der Waals surface area (Å²) in [4.78, 5) is 12.1. The van der Waals surface area contributed by atoms with Crippen LogP contribution in [0.5, 0.6) is 5.75 Å². The molecule has 0 saturated heterocycles. The molecule has 0 spiro atoms. The molecule has 0 N–H and O–H groups in total. The fourth-order valence-corrected chi connectivity index (χ4v) is 2.59. The molecule has 0 aliphatic carbocycles. The van der Waals surface area contributed by atoms with E-state index in [-0.39, 0.29) is 11.9 Å². The molecule has 2 atom stereocenters. The summed E-state index contributed by atoms with van der Waals surface area (Å²) in [5, 5.41) is 2.14. The molecule has 0 aliphatic rings. The summed E-state index contributed by atoms with van der Waals surface area (Å²) >= 11 is 5.98. The molecule has 1 unspecified atom stereocenters. The van der Waals surface area contributed by atoms with E-state index in [9.17, 15) is 4.79 Å². The summed E-state index contributed by atoms with van der Waals surface area (Å²) in [5.74, 6) is 0.183. The van der Waals surface area contributed by atoms with Crippen LogP contribution >= 0.6 is 11.6 Å². The van der Waals surface area contributed by atoms with Gasteiger partial charge in [0.15, 0.2) is 5.56 Å². The Labute approximate surface area is 136 Å². The van der Waals surface area contributed by atoms with Crippen LogP contribution < -0.4 is 4.74 Å². The van der Waals surface area contributed by atoms with Gasteiger partial charge in [0.25, 0.3) is 0 Å². The number of carbonyl (C=O) groups is 1. The molecule has 0 aromatic heterocycles. The standard InChI is InChI=1S/C18H21ClO3/c1-4-5-17(19)22-18(20)12(2)13-6-7-15-11-16(21-3)9-8-14(15)10-13/h6-12,17H,4-5H2,1-3H3/t12-,17?/m0/s1. The van der Waals surface area contributed by atoms with Gasteiger partial charge in [0, 0.05) is 0 Å². The Balaban J connectivity index is 2.17. The minimum atomic E-state index is -0.551. The Hall–Kier alpha value is -1.74. The zero-order valence-electron chi connectivity index (χ0n) is 13.1. The molecule has 0 radical (unpaired) electrons. The van der Waals surface area contributed by atoms with Crippen LogP contribution in [0.15, 0.2) is 36.4 Å². The smallest absolute Gasteiger partial charge is 0.314 e. The van der Waals surface area contributed by atoms with Gasteiger partial charge in [-0.25, -0.2) is 0 Å². The fraction of sp³-hybridized carbons (Fsp3) is 0.389. The van der Waals surface area contributed by atoms with Crippen molar-refractivity contribution >= 4 is 28.3 Å². The SMILES string of the molecule is CCCC(Cl)OC(=O)[C@@H](C)c1ccc2cc(OC)ccc2c1. The van der Waals surface area contributed by atoms with Gasteiger partial charge in [0.05, 0.1) is 13.0 Å². The van der Waals surface area contributed by atoms with Crippen LogP contribution in [0, 0.1) is 0 Å². The first-order valence-corrected chi connectivity index (χ1v) is 7.91. The van der Waals surface area contributed by atoms with Crippen LogP contribution in [0.25, 0.3) is 10.8 Å². The molecule has 2 aromatic carbocycles. The number of ether oxygens (including phenoxy) is 2. The van der Waals surface area contributed by atoms with Crippen molar-refractivity contribution < 1.29 is 14.3 Å². The summed E-state index contributed by atoms with van der Waals surface area (Å²) in [6, 6.07) is 11.8. The van der Waals surface area contributed by atoms with E-state index in [2.05, 4.69) is 0 Å². The average molecular weight is 321 g/mol. The number of benzene rings is 2. The molecule has 22 heavy (non-hydrogen) atoms. The molecule has 2 rings (SSSR count). The van der Waals surface area contributed by atoms with Crippen molar-refractivity contribution in [3.05, 3.63) is 42.0 Å². The average Bonchev–Trinajstić information content (AvgIpc) is 2.53. The molecule has 0 saturated carbocycles. The van der Waals surface area contributed by atoms with Gasteiger partial charge in [-0.1, -0.05) is 49.2 Å². The summed E-state index contributed by atoms with van der Waals surface area (Å²) in [5.41, 5.74) is 0.368. The lowest BCUT2D eigenvalue weighted by molar-refractivity contribution is -0.147. The predicted molar refractivity (Wildman–Crippen MR) is 89.6 cm³/mol. The van der Waals surface area contributed by atoms with Gasteiger partial charge >= 0.3 is 5.97 Å². The van der Waals surface area contributed by atoms with Crippen molar-refractivity contribution in [2.75, 3.05) is 7.11 Å². The van der Waals surface area contributed by atoms with Crippen LogP contribution in [-0.4, -0.2) is 18.6 Å². The third-order valence-corrected chi connectivity index (χ3v) is 3.99. The molecule has 3 nitrogen and oxygen atoms in total. The van der Waals surface area contributed by atoms with Crippen LogP contribution in [0.4, 0.5) is 0 Å². The lowest BCUT2D eigenvalue weighted by Gasteiger charge is -2.15. The number of hydrogen-bond donors (Lipinski definition) is 0. The fourth-order valence-electron chi connectivity index (χ4n) is 2.29. The number of halogens is 1. The number of hydrogen-bond acceptors (Lipinski definition) is 3. The Morgan fingerprint density at radius 1 is 1.18 bits per heavy atom. The lowest BCUT2D eigenvalue weighted by Crippen LogP contribution is -2.18. The topological polar surface area (TPSA) is 35.5 Å². The zero-order chi connectivity index (χ0) is 16.1. The monoisotopic (exact) mass is 320 g/mol. The largest absolute Gasteiger partial charge is 0.497 e. The van der Waals surface area contributed by atoms with Crippen LogP contribution in [0.2, 0.25) is 0 Å². The van der Waals surface area contributed by atoms with Crippen molar-refractivity contribution in [2.45, 2.75) is 38.2 Å². The minimum Gasteiger partial charge on any atom is -0.497 e. The van der Waals surface area contributed by atoms with Crippen LogP contribution in [0.3, 0.4) is 0 Å². The Kier molecular flexibility index (Phi) is 5.67. The number of carbonyl (C=O) groups excluding carboxylic acids is 1. The molecule has 4 heteroatoms. The summed E-state index contributed by atoms with van der Waals surface area (Å²) < 4.78 is 10.5. The summed E-state index contributed by atoms with van der Waals surface area (Å²) in [6.07, 6.45) is 1.55. The highest BCUT2D eigenvalue weighted by Crippen LogP contribution is 2.26. The number of esters is 1. The second-order valence-corrected chi connectivity index (χ2v) is 5.82. The Morgan fingerprint density at radius 3 is 2.55 bits per heavy atom. The highest BCUT2D eigenvalue weighted by molar-refractivity contribution is 6.20. The maximum absolute atomic E-state index is 12.1. The lowest BCUT2D eigenvalue weighted by atomic mass is 9.98. The van der Waals surface area contributed by atoms with Crippen LogP contribution in [-0.2, 0) is 9.53 Å². The quantitative estimate of drug-likeness (QED) is 0.563. The highest BCUT2D eigenvalue weighted by Gasteiger charge is 2.20. The van der Waals surface area contributed by atoms with Gasteiger partial charge in [0.1, 0.15) is 5.75 Å². The van der Waals surface area contributed by atoms with E-state index >= 15 is 0 Å². The van der Waals surface area contributed by atoms with Crippen molar-refractivity contribution in [2.24, 2.45) is 0 Å². The first-order chi connectivity index (χ1) is 10.5. The van der Waals surface area contributed by atoms with Gasteiger partial charge in [-0.3, -0.25) is 4.79 Å². The minimum absolute atomic E-state index is 0.290. The van der Waals surface area contributed by atoms with E-state index in [1.54, 1.807) is 7.11 Å². The van der Waals surface area contributed by atoms with E-state index in [4.69, 9.17) is 21.1 Å². The molecule has 2 aromatic rings. The first kappa shape index (κ1) is 16.6. The number of fused-ring (bicyclic) bond motifs is 1. The van der Waals surface area contributed by atoms with E-state index in [0.717, 1.165) is 28.5 Å². The second-order valence-electron chi connectivity index (χ2n) is 5.33. The molecular formula is C18H21ClO3. The van der Waals surface area contributed by atoms with Crippen molar-refractivity contribution in [1.29, 1.82) is 0 Å². The van der Waals surface area contributed by atoms with Crippen LogP contribution in [0.1, 0.15) is 38.2 Å². The van der Waals surface area contributed by atoms with Gasteiger partial charge < -0.3 is 9.47 Å². The second kappa shape index (κ2) is 7.50. The number of methoxy groups -OCH3 is 1. The van der Waals surface area contributed by atoms with E-state index in [1.807, 2.05) is 50.2 Å². The highest BCUT2D eigenvalue weighted by atomic mass is 35.5. The molecular weight excluding hydrogens is 300 g/mol. The van der Waals surface area contributed by atoms with Gasteiger partial charge in [-0.2, -0.15) is 0 Å². The van der Waals surface area contributed by atoms with E-state index in [0.29, 0.717) is 6.42 Å².